The smallest absolute Gasteiger partial charge is 0.243 e. The van der Waals surface area contributed by atoms with E-state index in [9.17, 15) is 8.42 Å². The average Bonchev–Trinajstić information content (AvgIpc) is 3.12. The van der Waals surface area contributed by atoms with E-state index in [0.717, 1.165) is 5.56 Å². The van der Waals surface area contributed by atoms with Crippen LogP contribution >= 0.6 is 0 Å². The first-order valence-electron chi connectivity index (χ1n) is 8.25. The summed E-state index contributed by atoms with van der Waals surface area (Å²) in [6.07, 6.45) is 2.12. The summed E-state index contributed by atoms with van der Waals surface area (Å²) in [7, 11) is -0.649. The summed E-state index contributed by atoms with van der Waals surface area (Å²) in [5, 5.41) is 0. The maximum absolute atomic E-state index is 12.9. The minimum absolute atomic E-state index is 0.171. The third-order valence-electron chi connectivity index (χ3n) is 4.27. The molecule has 0 spiro atoms. The van der Waals surface area contributed by atoms with Gasteiger partial charge in [-0.05, 0) is 31.0 Å². The number of sulfonamides is 1. The topological polar surface area (TPSA) is 78.0 Å². The van der Waals surface area contributed by atoms with Crippen LogP contribution in [0.4, 0.5) is 0 Å². The number of hydrogen-bond donors (Lipinski definition) is 0. The molecule has 8 heteroatoms. The number of methoxy groups -OCH3 is 2. The van der Waals surface area contributed by atoms with Crippen molar-refractivity contribution in [3.05, 3.63) is 42.1 Å². The van der Waals surface area contributed by atoms with Crippen molar-refractivity contribution in [2.24, 2.45) is 0 Å². The van der Waals surface area contributed by atoms with Crippen LogP contribution < -0.4 is 14.2 Å². The first-order chi connectivity index (χ1) is 12.4. The predicted octanol–water partition coefficient (Wildman–Crippen LogP) is 2.25. The molecule has 1 aromatic heterocycles. The number of pyridine rings is 1. The Labute approximate surface area is 153 Å². The van der Waals surface area contributed by atoms with Gasteiger partial charge in [0.15, 0.2) is 11.5 Å². The van der Waals surface area contributed by atoms with Gasteiger partial charge in [-0.2, -0.15) is 4.31 Å². The van der Waals surface area contributed by atoms with Crippen molar-refractivity contribution in [2.45, 2.75) is 24.3 Å². The summed E-state index contributed by atoms with van der Waals surface area (Å²) >= 11 is 0. The van der Waals surface area contributed by atoms with E-state index in [4.69, 9.17) is 14.2 Å². The Hall–Kier alpha value is -2.32. The van der Waals surface area contributed by atoms with Gasteiger partial charge in [0.2, 0.25) is 15.9 Å². The molecule has 26 heavy (non-hydrogen) atoms. The van der Waals surface area contributed by atoms with Crippen LogP contribution in [-0.2, 0) is 10.0 Å². The summed E-state index contributed by atoms with van der Waals surface area (Å²) in [6, 6.07) is 8.29. The number of ether oxygens (including phenoxy) is 3. The van der Waals surface area contributed by atoms with Crippen LogP contribution in [0.15, 0.2) is 41.4 Å². The number of rotatable bonds is 6. The van der Waals surface area contributed by atoms with Gasteiger partial charge in [0, 0.05) is 24.9 Å². The van der Waals surface area contributed by atoms with E-state index < -0.39 is 10.0 Å². The van der Waals surface area contributed by atoms with E-state index in [1.807, 2.05) is 13.0 Å². The average molecular weight is 378 g/mol. The highest BCUT2D eigenvalue weighted by molar-refractivity contribution is 7.89. The van der Waals surface area contributed by atoms with E-state index >= 15 is 0 Å². The quantitative estimate of drug-likeness (QED) is 0.767. The molecule has 0 saturated carbocycles. The summed E-state index contributed by atoms with van der Waals surface area (Å²) in [6.45, 7) is 2.63. The number of nitrogens with zero attached hydrogens (tertiary/aromatic N) is 2. The Kier molecular flexibility index (Phi) is 5.33. The zero-order valence-corrected chi connectivity index (χ0v) is 15.8. The molecule has 1 aromatic carbocycles. The van der Waals surface area contributed by atoms with E-state index in [0.29, 0.717) is 30.3 Å². The first-order valence-corrected chi connectivity index (χ1v) is 9.69. The molecule has 1 saturated heterocycles. The summed E-state index contributed by atoms with van der Waals surface area (Å²) in [5.41, 5.74) is 1.04. The maximum atomic E-state index is 12.9. The van der Waals surface area contributed by atoms with Crippen molar-refractivity contribution < 1.29 is 22.6 Å². The SMILES string of the molecule is COc1ccc(S(=O)(=O)N2CCC(Oc3ccc(C)cn3)C2)cc1OC. The zero-order chi connectivity index (χ0) is 18.7. The number of benzene rings is 1. The standard InChI is InChI=1S/C18H22N2O5S/c1-13-4-7-18(19-11-13)25-14-8-9-20(12-14)26(21,22)15-5-6-16(23-2)17(10-15)24-3/h4-7,10-11,14H,8-9,12H2,1-3H3. The van der Waals surface area contributed by atoms with Crippen LogP contribution in [0.5, 0.6) is 17.4 Å². The second-order valence-electron chi connectivity index (χ2n) is 6.08. The molecule has 0 aliphatic carbocycles. The second kappa shape index (κ2) is 7.51. The lowest BCUT2D eigenvalue weighted by Gasteiger charge is -2.18. The second-order valence-corrected chi connectivity index (χ2v) is 8.02. The summed E-state index contributed by atoms with van der Waals surface area (Å²) in [4.78, 5) is 4.38. The molecule has 0 bridgehead atoms. The largest absolute Gasteiger partial charge is 0.493 e. The molecule has 1 fully saturated rings. The lowest BCUT2D eigenvalue weighted by Crippen LogP contribution is -2.31. The molecule has 3 rings (SSSR count). The van der Waals surface area contributed by atoms with Gasteiger partial charge < -0.3 is 14.2 Å². The fraction of sp³-hybridized carbons (Fsp3) is 0.389. The molecular formula is C18H22N2O5S. The van der Waals surface area contributed by atoms with Crippen LogP contribution in [0, 0.1) is 6.92 Å². The molecule has 1 aliphatic heterocycles. The molecule has 0 N–H and O–H groups in total. The first kappa shape index (κ1) is 18.5. The Morgan fingerprint density at radius 2 is 1.88 bits per heavy atom. The van der Waals surface area contributed by atoms with E-state index in [1.165, 1.54) is 30.7 Å². The van der Waals surface area contributed by atoms with Gasteiger partial charge >= 0.3 is 0 Å². The van der Waals surface area contributed by atoms with Gasteiger partial charge in [0.25, 0.3) is 0 Å². The molecule has 2 heterocycles. The molecule has 140 valence electrons. The van der Waals surface area contributed by atoms with Gasteiger partial charge in [-0.25, -0.2) is 13.4 Å². The minimum atomic E-state index is -3.63. The fourth-order valence-corrected chi connectivity index (χ4v) is 4.34. The molecule has 2 aromatic rings. The van der Waals surface area contributed by atoms with E-state index in [-0.39, 0.29) is 17.5 Å². The number of hydrogen-bond acceptors (Lipinski definition) is 6. The Morgan fingerprint density at radius 1 is 1.12 bits per heavy atom. The third-order valence-corrected chi connectivity index (χ3v) is 6.13. The maximum Gasteiger partial charge on any atom is 0.243 e. The molecule has 0 radical (unpaired) electrons. The molecule has 1 aliphatic rings. The van der Waals surface area contributed by atoms with Crippen LogP contribution in [0.3, 0.4) is 0 Å². The number of aromatic nitrogens is 1. The normalized spacial score (nSPS) is 17.9. The molecular weight excluding hydrogens is 356 g/mol. The van der Waals surface area contributed by atoms with Crippen molar-refractivity contribution >= 4 is 10.0 Å². The van der Waals surface area contributed by atoms with Crippen LogP contribution in [0.1, 0.15) is 12.0 Å². The highest BCUT2D eigenvalue weighted by Crippen LogP contribution is 2.31. The Bertz CT molecular complexity index is 868. The van der Waals surface area contributed by atoms with Gasteiger partial charge in [-0.3, -0.25) is 0 Å². The minimum Gasteiger partial charge on any atom is -0.493 e. The monoisotopic (exact) mass is 378 g/mol. The Morgan fingerprint density at radius 3 is 2.54 bits per heavy atom. The molecule has 7 nitrogen and oxygen atoms in total. The van der Waals surface area contributed by atoms with Gasteiger partial charge in [-0.1, -0.05) is 6.07 Å². The van der Waals surface area contributed by atoms with Crippen molar-refractivity contribution in [2.75, 3.05) is 27.3 Å². The van der Waals surface area contributed by atoms with Crippen molar-refractivity contribution in [1.82, 2.24) is 9.29 Å². The highest BCUT2D eigenvalue weighted by Gasteiger charge is 2.34. The van der Waals surface area contributed by atoms with Crippen molar-refractivity contribution in [1.29, 1.82) is 0 Å². The number of aryl methyl sites for hydroxylation is 1. The predicted molar refractivity (Wildman–Crippen MR) is 96.3 cm³/mol. The van der Waals surface area contributed by atoms with E-state index in [2.05, 4.69) is 4.98 Å². The lowest BCUT2D eigenvalue weighted by molar-refractivity contribution is 0.207. The summed E-state index contributed by atoms with van der Waals surface area (Å²) < 4.78 is 43.4. The van der Waals surface area contributed by atoms with Crippen LogP contribution in [0.25, 0.3) is 0 Å². The van der Waals surface area contributed by atoms with Gasteiger partial charge in [-0.15, -0.1) is 0 Å². The molecule has 1 unspecified atom stereocenters. The van der Waals surface area contributed by atoms with Gasteiger partial charge in [0.1, 0.15) is 6.10 Å². The highest BCUT2D eigenvalue weighted by atomic mass is 32.2. The van der Waals surface area contributed by atoms with Crippen molar-refractivity contribution in [3.8, 4) is 17.4 Å². The van der Waals surface area contributed by atoms with E-state index in [1.54, 1.807) is 18.3 Å². The Balaban J connectivity index is 1.73. The van der Waals surface area contributed by atoms with Crippen LogP contribution in [0.2, 0.25) is 0 Å². The van der Waals surface area contributed by atoms with Gasteiger partial charge in [0.05, 0.1) is 25.7 Å². The van der Waals surface area contributed by atoms with Crippen LogP contribution in [-0.4, -0.2) is 51.1 Å². The zero-order valence-electron chi connectivity index (χ0n) is 15.0. The summed E-state index contributed by atoms with van der Waals surface area (Å²) in [5.74, 6) is 1.37. The fourth-order valence-electron chi connectivity index (χ4n) is 2.83. The van der Waals surface area contributed by atoms with Crippen molar-refractivity contribution in [3.63, 3.8) is 0 Å². The third kappa shape index (κ3) is 3.76. The molecule has 0 amide bonds. The molecule has 1 atom stereocenters. The lowest BCUT2D eigenvalue weighted by atomic mass is 10.3.